The highest BCUT2D eigenvalue weighted by molar-refractivity contribution is 6.64. The summed E-state index contributed by atoms with van der Waals surface area (Å²) in [5.74, 6) is -0.400. The van der Waals surface area contributed by atoms with Crippen molar-refractivity contribution in [1.29, 1.82) is 0 Å². The molecule has 0 N–H and O–H groups in total. The quantitative estimate of drug-likeness (QED) is 0.739. The minimum atomic E-state index is -0.618. The second-order valence-corrected chi connectivity index (χ2v) is 6.12. The third kappa shape index (κ3) is 1.84. The van der Waals surface area contributed by atoms with Gasteiger partial charge in [0.05, 0.1) is 17.4 Å². The van der Waals surface area contributed by atoms with E-state index in [2.05, 4.69) is 10.1 Å². The molecule has 7 heteroatoms. The lowest BCUT2D eigenvalue weighted by molar-refractivity contribution is 0.00578. The van der Waals surface area contributed by atoms with Crippen LogP contribution in [0, 0.1) is 5.82 Å². The molecule has 5 nitrogen and oxygen atoms in total. The molecule has 0 aliphatic carbocycles. The predicted molar refractivity (Wildman–Crippen MR) is 74.2 cm³/mol. The van der Waals surface area contributed by atoms with Gasteiger partial charge in [-0.3, -0.25) is 4.68 Å². The minimum Gasteiger partial charge on any atom is -0.398 e. The summed E-state index contributed by atoms with van der Waals surface area (Å²) in [4.78, 5) is 4.06. The second-order valence-electron chi connectivity index (χ2n) is 6.12. The average Bonchev–Trinajstić information content (AvgIpc) is 2.74. The SMILES string of the molecule is Cn1nc(B2OC(C)(C)C(C)(C)O2)c2cc(F)cnc21. The zero-order chi connectivity index (χ0) is 14.7. The van der Waals surface area contributed by atoms with Crippen LogP contribution in [0.25, 0.3) is 11.0 Å². The molecule has 2 aromatic heterocycles. The molecule has 1 aliphatic heterocycles. The molecule has 0 bridgehead atoms. The number of aryl methyl sites for hydroxylation is 1. The highest BCUT2D eigenvalue weighted by Crippen LogP contribution is 2.36. The van der Waals surface area contributed by atoms with Crippen LogP contribution in [0.5, 0.6) is 0 Å². The highest BCUT2D eigenvalue weighted by Gasteiger charge is 2.53. The van der Waals surface area contributed by atoms with Crippen molar-refractivity contribution in [3.8, 4) is 0 Å². The minimum absolute atomic E-state index is 0.400. The number of hydrogen-bond donors (Lipinski definition) is 0. The molecule has 1 aliphatic rings. The van der Waals surface area contributed by atoms with Crippen LogP contribution in [0.15, 0.2) is 12.3 Å². The molecule has 0 aromatic carbocycles. The van der Waals surface area contributed by atoms with Crippen LogP contribution in [0.3, 0.4) is 0 Å². The van der Waals surface area contributed by atoms with Gasteiger partial charge in [-0.15, -0.1) is 0 Å². The van der Waals surface area contributed by atoms with Crippen molar-refractivity contribution in [2.24, 2.45) is 7.05 Å². The lowest BCUT2D eigenvalue weighted by atomic mass is 9.83. The van der Waals surface area contributed by atoms with Crippen LogP contribution in [0.2, 0.25) is 0 Å². The maximum Gasteiger partial charge on any atom is 0.517 e. The first-order valence-corrected chi connectivity index (χ1v) is 6.55. The zero-order valence-corrected chi connectivity index (χ0v) is 12.3. The van der Waals surface area contributed by atoms with Crippen molar-refractivity contribution in [2.75, 3.05) is 0 Å². The van der Waals surface area contributed by atoms with E-state index in [1.807, 2.05) is 27.7 Å². The first-order chi connectivity index (χ1) is 9.21. The van der Waals surface area contributed by atoms with E-state index in [0.717, 1.165) is 0 Å². The van der Waals surface area contributed by atoms with Gasteiger partial charge in [-0.2, -0.15) is 5.10 Å². The Labute approximate surface area is 117 Å². The van der Waals surface area contributed by atoms with Crippen LogP contribution in [-0.4, -0.2) is 33.1 Å². The highest BCUT2D eigenvalue weighted by atomic mass is 19.1. The lowest BCUT2D eigenvalue weighted by Gasteiger charge is -2.32. The monoisotopic (exact) mass is 277 g/mol. The number of hydrogen-bond acceptors (Lipinski definition) is 4. The molecular formula is C13H17BFN3O2. The van der Waals surface area contributed by atoms with E-state index in [1.165, 1.54) is 12.3 Å². The molecule has 0 unspecified atom stereocenters. The third-order valence-corrected chi connectivity index (χ3v) is 4.15. The van der Waals surface area contributed by atoms with Crippen molar-refractivity contribution < 1.29 is 13.7 Å². The fraction of sp³-hybridized carbons (Fsp3) is 0.538. The van der Waals surface area contributed by atoms with E-state index in [9.17, 15) is 4.39 Å². The number of fused-ring (bicyclic) bond motifs is 1. The van der Waals surface area contributed by atoms with Gasteiger partial charge in [0.2, 0.25) is 0 Å². The summed E-state index contributed by atoms with van der Waals surface area (Å²) in [5.41, 5.74) is 0.258. The third-order valence-electron chi connectivity index (χ3n) is 4.15. The summed E-state index contributed by atoms with van der Waals surface area (Å²) >= 11 is 0. The summed E-state index contributed by atoms with van der Waals surface area (Å²) in [5, 5.41) is 5.00. The van der Waals surface area contributed by atoms with Crippen molar-refractivity contribution >= 4 is 23.7 Å². The number of rotatable bonds is 1. The summed E-state index contributed by atoms with van der Waals surface area (Å²) in [6.07, 6.45) is 1.18. The molecule has 3 heterocycles. The molecule has 0 spiro atoms. The molecule has 0 atom stereocenters. The predicted octanol–water partition coefficient (Wildman–Crippen LogP) is 1.41. The van der Waals surface area contributed by atoms with Gasteiger partial charge >= 0.3 is 7.12 Å². The molecular weight excluding hydrogens is 260 g/mol. The van der Waals surface area contributed by atoms with Crippen LogP contribution in [-0.2, 0) is 16.4 Å². The van der Waals surface area contributed by atoms with Crippen molar-refractivity contribution in [1.82, 2.24) is 14.8 Å². The van der Waals surface area contributed by atoms with Gasteiger partial charge in [0.1, 0.15) is 11.4 Å². The smallest absolute Gasteiger partial charge is 0.398 e. The van der Waals surface area contributed by atoms with E-state index in [1.54, 1.807) is 11.7 Å². The largest absolute Gasteiger partial charge is 0.517 e. The van der Waals surface area contributed by atoms with Gasteiger partial charge in [-0.1, -0.05) is 0 Å². The van der Waals surface area contributed by atoms with Crippen LogP contribution in [0.1, 0.15) is 27.7 Å². The molecule has 2 aromatic rings. The molecule has 106 valence electrons. The van der Waals surface area contributed by atoms with Crippen molar-refractivity contribution in [3.63, 3.8) is 0 Å². The van der Waals surface area contributed by atoms with E-state index in [0.29, 0.717) is 16.6 Å². The Balaban J connectivity index is 2.10. The number of halogens is 1. The molecule has 0 amide bonds. The molecule has 20 heavy (non-hydrogen) atoms. The second kappa shape index (κ2) is 4.02. The fourth-order valence-corrected chi connectivity index (χ4v) is 2.27. The Hall–Kier alpha value is -1.47. The summed E-state index contributed by atoms with van der Waals surface area (Å²) in [6.45, 7) is 7.88. The van der Waals surface area contributed by atoms with E-state index in [-0.39, 0.29) is 0 Å². The Morgan fingerprint density at radius 1 is 1.20 bits per heavy atom. The van der Waals surface area contributed by atoms with Gasteiger partial charge in [-0.25, -0.2) is 9.37 Å². The van der Waals surface area contributed by atoms with Crippen LogP contribution < -0.4 is 5.59 Å². The lowest BCUT2D eigenvalue weighted by Crippen LogP contribution is -2.41. The number of aromatic nitrogens is 3. The first kappa shape index (κ1) is 13.5. The summed E-state index contributed by atoms with van der Waals surface area (Å²) < 4.78 is 27.0. The Kier molecular flexibility index (Phi) is 2.72. The van der Waals surface area contributed by atoms with Gasteiger partial charge < -0.3 is 9.31 Å². The Bertz CT molecular complexity index is 668. The molecule has 0 radical (unpaired) electrons. The summed E-state index contributed by atoms with van der Waals surface area (Å²) in [6, 6.07) is 1.41. The normalized spacial score (nSPS) is 20.8. The van der Waals surface area contributed by atoms with Gasteiger partial charge in [0, 0.05) is 12.4 Å². The standard InChI is InChI=1S/C13H17BFN3O2/c1-12(2)13(3,4)20-14(19-12)10-9-6-8(15)7-16-11(9)18(5)17-10/h6-7H,1-5H3. The van der Waals surface area contributed by atoms with Gasteiger partial charge in [-0.05, 0) is 33.8 Å². The Morgan fingerprint density at radius 2 is 1.80 bits per heavy atom. The van der Waals surface area contributed by atoms with E-state index in [4.69, 9.17) is 9.31 Å². The maximum absolute atomic E-state index is 13.4. The molecule has 3 rings (SSSR count). The molecule has 1 fully saturated rings. The fourth-order valence-electron chi connectivity index (χ4n) is 2.27. The molecule has 1 saturated heterocycles. The van der Waals surface area contributed by atoms with Crippen molar-refractivity contribution in [2.45, 2.75) is 38.9 Å². The van der Waals surface area contributed by atoms with E-state index >= 15 is 0 Å². The van der Waals surface area contributed by atoms with Gasteiger partial charge in [0.15, 0.2) is 5.65 Å². The topological polar surface area (TPSA) is 49.2 Å². The molecule has 0 saturated carbocycles. The Morgan fingerprint density at radius 3 is 2.40 bits per heavy atom. The first-order valence-electron chi connectivity index (χ1n) is 6.55. The van der Waals surface area contributed by atoms with Gasteiger partial charge in [0.25, 0.3) is 0 Å². The van der Waals surface area contributed by atoms with Crippen LogP contribution in [0.4, 0.5) is 4.39 Å². The number of nitrogens with zero attached hydrogens (tertiary/aromatic N) is 3. The van der Waals surface area contributed by atoms with Crippen LogP contribution >= 0.6 is 0 Å². The maximum atomic E-state index is 13.4. The number of pyridine rings is 1. The summed E-state index contributed by atoms with van der Waals surface area (Å²) in [7, 11) is 1.15. The van der Waals surface area contributed by atoms with E-state index < -0.39 is 24.1 Å². The average molecular weight is 277 g/mol. The zero-order valence-electron chi connectivity index (χ0n) is 12.3. The van der Waals surface area contributed by atoms with Crippen molar-refractivity contribution in [3.05, 3.63) is 18.1 Å².